The molecule has 0 aliphatic carbocycles. The molecule has 21 heavy (non-hydrogen) atoms. The molecule has 116 valence electrons. The number of nitrogens with zero attached hydrogens (tertiary/aromatic N) is 1. The molecule has 0 heterocycles. The van der Waals surface area contributed by atoms with Crippen molar-refractivity contribution >= 4 is 11.8 Å². The van der Waals surface area contributed by atoms with Crippen molar-refractivity contribution < 1.29 is 9.59 Å². The van der Waals surface area contributed by atoms with E-state index in [-0.39, 0.29) is 0 Å². The molecule has 2 amide bonds. The average molecular weight is 290 g/mol. The highest BCUT2D eigenvalue weighted by molar-refractivity contribution is 6.34. The zero-order chi connectivity index (χ0) is 15.5. The van der Waals surface area contributed by atoms with Crippen molar-refractivity contribution in [3.8, 4) is 0 Å². The number of hydrogen-bond donors (Lipinski definition) is 1. The maximum absolute atomic E-state index is 12.0. The summed E-state index contributed by atoms with van der Waals surface area (Å²) in [5, 5.41) is 2.72. The number of carbonyl (C=O) groups is 2. The summed E-state index contributed by atoms with van der Waals surface area (Å²) < 4.78 is 0. The van der Waals surface area contributed by atoms with E-state index in [1.54, 1.807) is 4.90 Å². The Morgan fingerprint density at radius 3 is 2.24 bits per heavy atom. The first-order chi connectivity index (χ1) is 10.2. The van der Waals surface area contributed by atoms with Crippen LogP contribution in [-0.2, 0) is 16.0 Å². The highest BCUT2D eigenvalue weighted by Crippen LogP contribution is 2.01. The number of hydrogen-bond acceptors (Lipinski definition) is 2. The van der Waals surface area contributed by atoms with Gasteiger partial charge in [-0.05, 0) is 31.2 Å². The first-order valence-electron chi connectivity index (χ1n) is 7.80. The van der Waals surface area contributed by atoms with Crippen LogP contribution < -0.4 is 5.32 Å². The van der Waals surface area contributed by atoms with E-state index in [4.69, 9.17) is 0 Å². The summed E-state index contributed by atoms with van der Waals surface area (Å²) in [6.07, 6.45) is 3.48. The Bertz CT molecular complexity index is 426. The van der Waals surface area contributed by atoms with Gasteiger partial charge in [0.2, 0.25) is 0 Å². The fraction of sp³-hybridized carbons (Fsp3) is 0.529. The summed E-state index contributed by atoms with van der Waals surface area (Å²) in [5.74, 6) is -0.886. The molecule has 0 radical (unpaired) electrons. The molecule has 0 fully saturated rings. The molecule has 0 spiro atoms. The van der Waals surface area contributed by atoms with Crippen LogP contribution in [0.3, 0.4) is 0 Å². The van der Waals surface area contributed by atoms with Gasteiger partial charge in [-0.2, -0.15) is 0 Å². The van der Waals surface area contributed by atoms with Gasteiger partial charge in [-0.15, -0.1) is 0 Å². The number of rotatable bonds is 8. The largest absolute Gasteiger partial charge is 0.348 e. The maximum Gasteiger partial charge on any atom is 0.311 e. The number of nitrogens with one attached hydrogen (secondary N) is 1. The Morgan fingerprint density at radius 1 is 1.05 bits per heavy atom. The van der Waals surface area contributed by atoms with Gasteiger partial charge in [0.1, 0.15) is 0 Å². The minimum absolute atomic E-state index is 0.404. The smallest absolute Gasteiger partial charge is 0.311 e. The molecule has 0 saturated carbocycles. The normalized spacial score (nSPS) is 10.2. The van der Waals surface area contributed by atoms with E-state index < -0.39 is 11.8 Å². The Hall–Kier alpha value is -1.84. The number of carbonyl (C=O) groups excluding carboxylic acids is 2. The van der Waals surface area contributed by atoms with Gasteiger partial charge in [-0.3, -0.25) is 9.59 Å². The van der Waals surface area contributed by atoms with Crippen molar-refractivity contribution in [3.63, 3.8) is 0 Å². The van der Waals surface area contributed by atoms with Crippen molar-refractivity contribution in [1.82, 2.24) is 10.2 Å². The zero-order valence-corrected chi connectivity index (χ0v) is 13.1. The Balaban J connectivity index is 2.30. The molecular weight excluding hydrogens is 264 g/mol. The van der Waals surface area contributed by atoms with Gasteiger partial charge in [-0.25, -0.2) is 0 Å². The van der Waals surface area contributed by atoms with E-state index in [0.717, 1.165) is 25.7 Å². The molecule has 0 atom stereocenters. The highest BCUT2D eigenvalue weighted by atomic mass is 16.2. The predicted molar refractivity (Wildman–Crippen MR) is 84.9 cm³/mol. The summed E-state index contributed by atoms with van der Waals surface area (Å²) in [5.41, 5.74) is 1.25. The van der Waals surface area contributed by atoms with Gasteiger partial charge in [0, 0.05) is 19.6 Å². The first kappa shape index (κ1) is 17.2. The van der Waals surface area contributed by atoms with E-state index in [9.17, 15) is 9.59 Å². The van der Waals surface area contributed by atoms with Crippen molar-refractivity contribution in [1.29, 1.82) is 0 Å². The van der Waals surface area contributed by atoms with Gasteiger partial charge in [0.15, 0.2) is 0 Å². The second-order valence-electron chi connectivity index (χ2n) is 5.14. The highest BCUT2D eigenvalue weighted by Gasteiger charge is 2.19. The van der Waals surface area contributed by atoms with E-state index in [0.29, 0.717) is 19.6 Å². The fourth-order valence-electron chi connectivity index (χ4n) is 2.21. The minimum atomic E-state index is -0.482. The lowest BCUT2D eigenvalue weighted by atomic mass is 10.1. The van der Waals surface area contributed by atoms with Crippen LogP contribution in [0.1, 0.15) is 38.7 Å². The lowest BCUT2D eigenvalue weighted by molar-refractivity contribution is -0.145. The topological polar surface area (TPSA) is 49.4 Å². The second kappa shape index (κ2) is 9.97. The third-order valence-electron chi connectivity index (χ3n) is 3.24. The van der Waals surface area contributed by atoms with E-state index in [1.807, 2.05) is 32.0 Å². The summed E-state index contributed by atoms with van der Waals surface area (Å²) in [7, 11) is 0. The van der Waals surface area contributed by atoms with Crippen LogP contribution in [0.4, 0.5) is 0 Å². The van der Waals surface area contributed by atoms with Gasteiger partial charge in [0.05, 0.1) is 0 Å². The molecule has 1 aromatic carbocycles. The molecule has 4 heteroatoms. The van der Waals surface area contributed by atoms with Crippen LogP contribution in [0.2, 0.25) is 0 Å². The summed E-state index contributed by atoms with van der Waals surface area (Å²) >= 11 is 0. The standard InChI is InChI=1S/C17H26N2O2/c1-3-13-19(14-4-2)17(21)16(20)18-12-8-11-15-9-6-5-7-10-15/h5-7,9-10H,3-4,8,11-14H2,1-2H3,(H,18,20). The lowest BCUT2D eigenvalue weighted by Gasteiger charge is -2.20. The van der Waals surface area contributed by atoms with E-state index in [1.165, 1.54) is 5.56 Å². The van der Waals surface area contributed by atoms with Crippen LogP contribution in [0, 0.1) is 0 Å². The third-order valence-corrected chi connectivity index (χ3v) is 3.24. The fourth-order valence-corrected chi connectivity index (χ4v) is 2.21. The molecule has 1 N–H and O–H groups in total. The van der Waals surface area contributed by atoms with Gasteiger partial charge in [-0.1, -0.05) is 44.2 Å². The van der Waals surface area contributed by atoms with Gasteiger partial charge in [0.25, 0.3) is 0 Å². The SMILES string of the molecule is CCCN(CCC)C(=O)C(=O)NCCCc1ccccc1. The molecular formula is C17H26N2O2. The average Bonchev–Trinajstić information content (AvgIpc) is 2.51. The predicted octanol–water partition coefficient (Wildman–Crippen LogP) is 2.38. The van der Waals surface area contributed by atoms with Crippen molar-refractivity contribution in [2.24, 2.45) is 0 Å². The van der Waals surface area contributed by atoms with Gasteiger partial charge >= 0.3 is 11.8 Å². The summed E-state index contributed by atoms with van der Waals surface area (Å²) in [6.45, 7) is 5.83. The molecule has 0 aliphatic rings. The molecule has 1 aromatic rings. The number of benzene rings is 1. The Morgan fingerprint density at radius 2 is 1.67 bits per heavy atom. The lowest BCUT2D eigenvalue weighted by Crippen LogP contribution is -2.44. The maximum atomic E-state index is 12.0. The minimum Gasteiger partial charge on any atom is -0.348 e. The Labute approximate surface area is 127 Å². The van der Waals surface area contributed by atoms with Crippen LogP contribution in [-0.4, -0.2) is 36.3 Å². The molecule has 1 rings (SSSR count). The van der Waals surface area contributed by atoms with E-state index >= 15 is 0 Å². The van der Waals surface area contributed by atoms with Crippen LogP contribution >= 0.6 is 0 Å². The van der Waals surface area contributed by atoms with Gasteiger partial charge < -0.3 is 10.2 Å². The second-order valence-corrected chi connectivity index (χ2v) is 5.14. The van der Waals surface area contributed by atoms with Crippen LogP contribution in [0.5, 0.6) is 0 Å². The van der Waals surface area contributed by atoms with Crippen LogP contribution in [0.15, 0.2) is 30.3 Å². The Kier molecular flexibility index (Phi) is 8.17. The van der Waals surface area contributed by atoms with Crippen molar-refractivity contribution in [2.75, 3.05) is 19.6 Å². The van der Waals surface area contributed by atoms with E-state index in [2.05, 4.69) is 17.4 Å². The molecule has 0 bridgehead atoms. The number of aryl methyl sites for hydroxylation is 1. The number of amides is 2. The van der Waals surface area contributed by atoms with Crippen LogP contribution in [0.25, 0.3) is 0 Å². The molecule has 0 aromatic heterocycles. The zero-order valence-electron chi connectivity index (χ0n) is 13.1. The van der Waals surface area contributed by atoms with Crippen molar-refractivity contribution in [2.45, 2.75) is 39.5 Å². The molecule has 0 unspecified atom stereocenters. The molecule has 0 saturated heterocycles. The monoisotopic (exact) mass is 290 g/mol. The first-order valence-corrected chi connectivity index (χ1v) is 7.80. The summed E-state index contributed by atoms with van der Waals surface area (Å²) in [6, 6.07) is 10.1. The van der Waals surface area contributed by atoms with Crippen molar-refractivity contribution in [3.05, 3.63) is 35.9 Å². The molecule has 0 aliphatic heterocycles. The third kappa shape index (κ3) is 6.43. The quantitative estimate of drug-likeness (QED) is 0.590. The molecule has 4 nitrogen and oxygen atoms in total. The summed E-state index contributed by atoms with van der Waals surface area (Å²) in [4.78, 5) is 25.5.